The zero-order chi connectivity index (χ0) is 21.0. The van der Waals surface area contributed by atoms with E-state index in [4.69, 9.17) is 14.7 Å². The number of benzene rings is 1. The first-order valence-corrected chi connectivity index (χ1v) is 10.2. The van der Waals surface area contributed by atoms with Crippen LogP contribution in [0.2, 0.25) is 0 Å². The summed E-state index contributed by atoms with van der Waals surface area (Å²) >= 11 is 0. The minimum Gasteiger partial charge on any atom is -0.497 e. The first kappa shape index (κ1) is 21.0. The van der Waals surface area contributed by atoms with Gasteiger partial charge in [0.25, 0.3) is 0 Å². The van der Waals surface area contributed by atoms with Crippen molar-refractivity contribution in [3.63, 3.8) is 0 Å². The molecular formula is C22H29N3O4. The van der Waals surface area contributed by atoms with Gasteiger partial charge in [-0.05, 0) is 18.1 Å². The van der Waals surface area contributed by atoms with E-state index in [-0.39, 0.29) is 36.1 Å². The standard InChI is InChI=1S/C22H29N3O4/c1-15(2)11-21(27)25-10-7-20(26)24(9-4-8-23)13-16-14-29-19-12-17(28-3)5-6-18(19)22(16)25/h5-6,12,15-16,22H,4,7,9-11,13-14H2,1-3H3/t16-,22-/m0/s1. The van der Waals surface area contributed by atoms with Crippen molar-refractivity contribution in [1.82, 2.24) is 9.80 Å². The molecule has 0 saturated carbocycles. The Morgan fingerprint density at radius 2 is 2.21 bits per heavy atom. The molecule has 0 spiro atoms. The van der Waals surface area contributed by atoms with Crippen LogP contribution < -0.4 is 9.47 Å². The van der Waals surface area contributed by atoms with E-state index in [2.05, 4.69) is 6.07 Å². The number of ether oxygens (including phenoxy) is 2. The Labute approximate surface area is 172 Å². The maximum atomic E-state index is 13.1. The van der Waals surface area contributed by atoms with Crippen molar-refractivity contribution in [2.24, 2.45) is 11.8 Å². The predicted octanol–water partition coefficient (Wildman–Crippen LogP) is 2.77. The van der Waals surface area contributed by atoms with Crippen LogP contribution in [0.3, 0.4) is 0 Å². The van der Waals surface area contributed by atoms with Crippen LogP contribution >= 0.6 is 0 Å². The van der Waals surface area contributed by atoms with Crippen LogP contribution in [0.1, 0.15) is 44.7 Å². The van der Waals surface area contributed by atoms with Crippen LogP contribution in [0, 0.1) is 23.2 Å². The molecule has 2 atom stereocenters. The Morgan fingerprint density at radius 3 is 2.90 bits per heavy atom. The number of rotatable bonds is 5. The number of carbonyl (C=O) groups excluding carboxylic acids is 2. The molecule has 29 heavy (non-hydrogen) atoms. The third-order valence-corrected chi connectivity index (χ3v) is 5.55. The molecule has 2 aliphatic rings. The predicted molar refractivity (Wildman–Crippen MR) is 107 cm³/mol. The molecule has 2 heterocycles. The monoisotopic (exact) mass is 399 g/mol. The molecule has 0 radical (unpaired) electrons. The summed E-state index contributed by atoms with van der Waals surface area (Å²) < 4.78 is 11.3. The second-order valence-corrected chi connectivity index (χ2v) is 8.10. The van der Waals surface area contributed by atoms with E-state index >= 15 is 0 Å². The molecule has 7 nitrogen and oxygen atoms in total. The molecule has 156 valence electrons. The van der Waals surface area contributed by atoms with Crippen LogP contribution in [0.4, 0.5) is 0 Å². The Kier molecular flexibility index (Phi) is 6.63. The van der Waals surface area contributed by atoms with Crippen LogP contribution in [0.15, 0.2) is 18.2 Å². The van der Waals surface area contributed by atoms with Gasteiger partial charge >= 0.3 is 0 Å². The Bertz CT molecular complexity index is 802. The number of methoxy groups -OCH3 is 1. The number of hydrogen-bond acceptors (Lipinski definition) is 5. The molecule has 2 amide bonds. The van der Waals surface area contributed by atoms with Gasteiger partial charge in [-0.1, -0.05) is 13.8 Å². The van der Waals surface area contributed by atoms with Crippen LogP contribution in [-0.2, 0) is 9.59 Å². The SMILES string of the molecule is COc1ccc2c(c1)OC[C@@H]1CN(CCC#N)C(=O)CCN(C(=O)CC(C)C)[C@H]21. The molecule has 7 heteroatoms. The Hall–Kier alpha value is -2.75. The van der Waals surface area contributed by atoms with Crippen molar-refractivity contribution in [3.05, 3.63) is 23.8 Å². The summed E-state index contributed by atoms with van der Waals surface area (Å²) in [6.45, 7) is 5.72. The van der Waals surface area contributed by atoms with Crippen molar-refractivity contribution < 1.29 is 19.1 Å². The quantitative estimate of drug-likeness (QED) is 0.760. The average molecular weight is 399 g/mol. The molecular weight excluding hydrogens is 370 g/mol. The van der Waals surface area contributed by atoms with E-state index in [0.717, 1.165) is 11.3 Å². The van der Waals surface area contributed by atoms with E-state index < -0.39 is 0 Å². The molecule has 3 rings (SSSR count). The van der Waals surface area contributed by atoms with Crippen LogP contribution in [-0.4, -0.2) is 55.0 Å². The molecule has 0 bridgehead atoms. The van der Waals surface area contributed by atoms with Gasteiger partial charge in [0.1, 0.15) is 11.5 Å². The minimum absolute atomic E-state index is 0.0124. The highest BCUT2D eigenvalue weighted by atomic mass is 16.5. The average Bonchev–Trinajstić information content (AvgIpc) is 2.69. The lowest BCUT2D eigenvalue weighted by molar-refractivity contribution is -0.142. The molecule has 2 aliphatic heterocycles. The molecule has 1 aromatic carbocycles. The number of nitrogens with zero attached hydrogens (tertiary/aromatic N) is 3. The zero-order valence-electron chi connectivity index (χ0n) is 17.4. The van der Waals surface area contributed by atoms with E-state index in [1.807, 2.05) is 36.9 Å². The minimum atomic E-state index is -0.159. The lowest BCUT2D eigenvalue weighted by atomic mass is 9.87. The van der Waals surface area contributed by atoms with Crippen molar-refractivity contribution in [1.29, 1.82) is 5.26 Å². The van der Waals surface area contributed by atoms with Gasteiger partial charge in [0.15, 0.2) is 0 Å². The van der Waals surface area contributed by atoms with E-state index in [0.29, 0.717) is 44.8 Å². The van der Waals surface area contributed by atoms with Gasteiger partial charge in [-0.2, -0.15) is 5.26 Å². The molecule has 1 aromatic rings. The smallest absolute Gasteiger partial charge is 0.224 e. The molecule has 0 unspecified atom stereocenters. The summed E-state index contributed by atoms with van der Waals surface area (Å²) in [6, 6.07) is 7.66. The first-order chi connectivity index (χ1) is 13.9. The van der Waals surface area contributed by atoms with Crippen molar-refractivity contribution in [2.45, 2.75) is 39.2 Å². The summed E-state index contributed by atoms with van der Waals surface area (Å²) in [5, 5.41) is 8.94. The topological polar surface area (TPSA) is 82.9 Å². The molecule has 1 saturated heterocycles. The van der Waals surface area contributed by atoms with Crippen molar-refractivity contribution in [2.75, 3.05) is 33.4 Å². The summed E-state index contributed by atoms with van der Waals surface area (Å²) in [6.07, 6.45) is 1.01. The fraction of sp³-hybridized carbons (Fsp3) is 0.591. The van der Waals surface area contributed by atoms with Gasteiger partial charge in [-0.15, -0.1) is 0 Å². The second kappa shape index (κ2) is 9.17. The van der Waals surface area contributed by atoms with Gasteiger partial charge in [0, 0.05) is 50.0 Å². The van der Waals surface area contributed by atoms with Crippen LogP contribution in [0.25, 0.3) is 0 Å². The van der Waals surface area contributed by atoms with Crippen LogP contribution in [0.5, 0.6) is 11.5 Å². The third-order valence-electron chi connectivity index (χ3n) is 5.55. The van der Waals surface area contributed by atoms with E-state index in [1.165, 1.54) is 0 Å². The number of nitriles is 1. The maximum absolute atomic E-state index is 13.1. The van der Waals surface area contributed by atoms with Crippen molar-refractivity contribution >= 4 is 11.8 Å². The summed E-state index contributed by atoms with van der Waals surface area (Å²) in [5.41, 5.74) is 0.953. The van der Waals surface area contributed by atoms with Crippen molar-refractivity contribution in [3.8, 4) is 17.6 Å². The van der Waals surface area contributed by atoms with Gasteiger partial charge < -0.3 is 19.3 Å². The maximum Gasteiger partial charge on any atom is 0.224 e. The lowest BCUT2D eigenvalue weighted by Gasteiger charge is -2.44. The van der Waals surface area contributed by atoms with E-state index in [9.17, 15) is 9.59 Å². The molecule has 0 N–H and O–H groups in total. The highest BCUT2D eigenvalue weighted by Crippen LogP contribution is 2.42. The fourth-order valence-electron chi connectivity index (χ4n) is 4.17. The first-order valence-electron chi connectivity index (χ1n) is 10.2. The number of fused-ring (bicyclic) bond motifs is 3. The highest BCUT2D eigenvalue weighted by molar-refractivity contribution is 5.80. The second-order valence-electron chi connectivity index (χ2n) is 8.10. The largest absolute Gasteiger partial charge is 0.497 e. The molecule has 0 aliphatic carbocycles. The molecule has 1 fully saturated rings. The lowest BCUT2D eigenvalue weighted by Crippen LogP contribution is -2.51. The number of carbonyl (C=O) groups is 2. The summed E-state index contributed by atoms with van der Waals surface area (Å²) in [4.78, 5) is 29.4. The fourth-order valence-corrected chi connectivity index (χ4v) is 4.17. The Balaban J connectivity index is 1.98. The van der Waals surface area contributed by atoms with Gasteiger partial charge in [0.05, 0.1) is 32.2 Å². The number of hydrogen-bond donors (Lipinski definition) is 0. The summed E-state index contributed by atoms with van der Waals surface area (Å²) in [7, 11) is 1.61. The normalized spacial score (nSPS) is 21.4. The van der Waals surface area contributed by atoms with E-state index in [1.54, 1.807) is 12.0 Å². The third kappa shape index (κ3) is 4.64. The number of amides is 2. The Morgan fingerprint density at radius 1 is 1.41 bits per heavy atom. The molecule has 0 aromatic heterocycles. The van der Waals surface area contributed by atoms with Gasteiger partial charge in [-0.3, -0.25) is 9.59 Å². The zero-order valence-corrected chi connectivity index (χ0v) is 17.4. The van der Waals surface area contributed by atoms with Gasteiger partial charge in [-0.25, -0.2) is 0 Å². The highest BCUT2D eigenvalue weighted by Gasteiger charge is 2.40. The summed E-state index contributed by atoms with van der Waals surface area (Å²) in [5.74, 6) is 1.68. The van der Waals surface area contributed by atoms with Gasteiger partial charge in [0.2, 0.25) is 11.8 Å².